The molecule has 1 aromatic carbocycles. The molecule has 0 saturated heterocycles. The van der Waals surface area contributed by atoms with Crippen LogP contribution < -0.4 is 4.74 Å². The van der Waals surface area contributed by atoms with Crippen LogP contribution in [-0.2, 0) is 4.74 Å². The van der Waals surface area contributed by atoms with Gasteiger partial charge in [0.1, 0.15) is 5.75 Å². The predicted molar refractivity (Wildman–Crippen MR) is 72.5 cm³/mol. The van der Waals surface area contributed by atoms with Gasteiger partial charge in [-0.3, -0.25) is 4.79 Å². The first-order chi connectivity index (χ1) is 8.61. The fourth-order valence-corrected chi connectivity index (χ4v) is 1.82. The van der Waals surface area contributed by atoms with E-state index in [1.54, 1.807) is 7.11 Å². The predicted octanol–water partition coefficient (Wildman–Crippen LogP) is 3.31. The molecular weight excluding hydrogens is 228 g/mol. The second-order valence-corrected chi connectivity index (χ2v) is 4.37. The highest BCUT2D eigenvalue weighted by Gasteiger charge is 2.15. The van der Waals surface area contributed by atoms with Gasteiger partial charge in [-0.05, 0) is 37.5 Å². The van der Waals surface area contributed by atoms with Crippen LogP contribution in [0.5, 0.6) is 5.75 Å². The third-order valence-electron chi connectivity index (χ3n) is 3.00. The summed E-state index contributed by atoms with van der Waals surface area (Å²) in [6, 6.07) is 3.79. The monoisotopic (exact) mass is 250 g/mol. The minimum Gasteiger partial charge on any atom is -0.496 e. The number of Topliss-reactive ketones (excluding diaryl/α,β-unsaturated/α-hetero) is 1. The number of ether oxygens (including phenoxy) is 2. The van der Waals surface area contributed by atoms with Gasteiger partial charge in [0.25, 0.3) is 0 Å². The average Bonchev–Trinajstić information content (AvgIpc) is 2.37. The molecule has 0 amide bonds. The van der Waals surface area contributed by atoms with Gasteiger partial charge < -0.3 is 9.47 Å². The fraction of sp³-hybridized carbons (Fsp3) is 0.533. The average molecular weight is 250 g/mol. The quantitative estimate of drug-likeness (QED) is 0.550. The number of carbonyl (C=O) groups is 1. The second kappa shape index (κ2) is 7.17. The molecule has 0 aromatic heterocycles. The lowest BCUT2D eigenvalue weighted by Gasteiger charge is -2.12. The second-order valence-electron chi connectivity index (χ2n) is 4.37. The fourth-order valence-electron chi connectivity index (χ4n) is 1.82. The van der Waals surface area contributed by atoms with Gasteiger partial charge in [0, 0.05) is 13.0 Å². The molecule has 0 atom stereocenters. The van der Waals surface area contributed by atoms with Crippen molar-refractivity contribution in [1.82, 2.24) is 0 Å². The van der Waals surface area contributed by atoms with E-state index in [1.807, 2.05) is 32.9 Å². The lowest BCUT2D eigenvalue weighted by Crippen LogP contribution is -2.08. The van der Waals surface area contributed by atoms with Crippen molar-refractivity contribution >= 4 is 5.78 Å². The molecule has 0 unspecified atom stereocenters. The minimum absolute atomic E-state index is 0.0750. The Balaban J connectivity index is 2.76. The summed E-state index contributed by atoms with van der Waals surface area (Å²) >= 11 is 0. The van der Waals surface area contributed by atoms with Crippen molar-refractivity contribution in [2.75, 3.05) is 20.3 Å². The Bertz CT molecular complexity index is 410. The molecule has 0 heterocycles. The number of benzene rings is 1. The Morgan fingerprint density at radius 3 is 2.56 bits per heavy atom. The molecule has 0 radical (unpaired) electrons. The maximum absolute atomic E-state index is 12.1. The standard InChI is InChI=1S/C15H22O3/c1-5-9-18-10-8-14(16)13-7-6-11(2)12(3)15(13)17-4/h6-7H,5,8-10H2,1-4H3. The van der Waals surface area contributed by atoms with Crippen molar-refractivity contribution in [2.24, 2.45) is 0 Å². The maximum atomic E-state index is 12.1. The van der Waals surface area contributed by atoms with Crippen molar-refractivity contribution in [2.45, 2.75) is 33.6 Å². The molecule has 0 aliphatic carbocycles. The van der Waals surface area contributed by atoms with Crippen LogP contribution in [0.25, 0.3) is 0 Å². The number of rotatable bonds is 7. The largest absolute Gasteiger partial charge is 0.496 e. The number of aryl methyl sites for hydroxylation is 1. The smallest absolute Gasteiger partial charge is 0.168 e. The van der Waals surface area contributed by atoms with Crippen molar-refractivity contribution in [1.29, 1.82) is 0 Å². The Labute approximate surface area is 109 Å². The molecule has 0 aliphatic heterocycles. The zero-order valence-electron chi connectivity index (χ0n) is 11.7. The highest BCUT2D eigenvalue weighted by Crippen LogP contribution is 2.27. The molecule has 1 rings (SSSR count). The molecule has 100 valence electrons. The van der Waals surface area contributed by atoms with E-state index < -0.39 is 0 Å². The van der Waals surface area contributed by atoms with Crippen molar-refractivity contribution in [3.05, 3.63) is 28.8 Å². The molecular formula is C15H22O3. The Morgan fingerprint density at radius 2 is 1.94 bits per heavy atom. The van der Waals surface area contributed by atoms with Gasteiger partial charge in [0.2, 0.25) is 0 Å². The van der Waals surface area contributed by atoms with Crippen molar-refractivity contribution in [3.8, 4) is 5.75 Å². The Morgan fingerprint density at radius 1 is 1.22 bits per heavy atom. The van der Waals surface area contributed by atoms with Crippen LogP contribution in [0, 0.1) is 13.8 Å². The molecule has 3 heteroatoms. The summed E-state index contributed by atoms with van der Waals surface area (Å²) in [5.74, 6) is 0.765. The van der Waals surface area contributed by atoms with E-state index in [2.05, 4.69) is 0 Å². The zero-order chi connectivity index (χ0) is 13.5. The van der Waals surface area contributed by atoms with Gasteiger partial charge >= 0.3 is 0 Å². The summed E-state index contributed by atoms with van der Waals surface area (Å²) in [4.78, 5) is 12.1. The Hall–Kier alpha value is -1.35. The van der Waals surface area contributed by atoms with Crippen molar-refractivity contribution < 1.29 is 14.3 Å². The molecule has 0 N–H and O–H groups in total. The van der Waals surface area contributed by atoms with Crippen LogP contribution in [0.2, 0.25) is 0 Å². The van der Waals surface area contributed by atoms with Crippen LogP contribution in [0.3, 0.4) is 0 Å². The highest BCUT2D eigenvalue weighted by atomic mass is 16.5. The number of methoxy groups -OCH3 is 1. The van der Waals surface area contributed by atoms with E-state index in [9.17, 15) is 4.79 Å². The molecule has 0 saturated carbocycles. The lowest BCUT2D eigenvalue weighted by atomic mass is 10.0. The summed E-state index contributed by atoms with van der Waals surface area (Å²) in [7, 11) is 1.60. The zero-order valence-corrected chi connectivity index (χ0v) is 11.7. The summed E-state index contributed by atoms with van der Waals surface area (Å²) < 4.78 is 10.7. The molecule has 0 bridgehead atoms. The van der Waals surface area contributed by atoms with E-state index >= 15 is 0 Å². The molecule has 0 spiro atoms. The van der Waals surface area contributed by atoms with Crippen LogP contribution in [0.4, 0.5) is 0 Å². The van der Waals surface area contributed by atoms with Crippen LogP contribution in [0.1, 0.15) is 41.3 Å². The summed E-state index contributed by atoms with van der Waals surface area (Å²) in [5.41, 5.74) is 2.81. The van der Waals surface area contributed by atoms with E-state index in [4.69, 9.17) is 9.47 Å². The minimum atomic E-state index is 0.0750. The van der Waals surface area contributed by atoms with E-state index in [-0.39, 0.29) is 5.78 Å². The first kappa shape index (κ1) is 14.7. The summed E-state index contributed by atoms with van der Waals surface area (Å²) in [6.07, 6.45) is 1.38. The van der Waals surface area contributed by atoms with Crippen LogP contribution in [-0.4, -0.2) is 26.1 Å². The van der Waals surface area contributed by atoms with Gasteiger partial charge in [-0.15, -0.1) is 0 Å². The van der Waals surface area contributed by atoms with Gasteiger partial charge in [0.05, 0.1) is 19.3 Å². The first-order valence-electron chi connectivity index (χ1n) is 6.37. The molecule has 0 fully saturated rings. The number of hydrogen-bond acceptors (Lipinski definition) is 3. The van der Waals surface area contributed by atoms with E-state index in [1.165, 1.54) is 0 Å². The molecule has 18 heavy (non-hydrogen) atoms. The Kier molecular flexibility index (Phi) is 5.86. The highest BCUT2D eigenvalue weighted by molar-refractivity contribution is 5.99. The number of ketones is 1. The van der Waals surface area contributed by atoms with E-state index in [0.717, 1.165) is 17.5 Å². The summed E-state index contributed by atoms with van der Waals surface area (Å²) in [6.45, 7) is 7.21. The van der Waals surface area contributed by atoms with Gasteiger partial charge in [0.15, 0.2) is 5.78 Å². The maximum Gasteiger partial charge on any atom is 0.168 e. The van der Waals surface area contributed by atoms with Gasteiger partial charge in [-0.2, -0.15) is 0 Å². The topological polar surface area (TPSA) is 35.5 Å². The third kappa shape index (κ3) is 3.57. The SMILES string of the molecule is CCCOCCC(=O)c1ccc(C)c(C)c1OC. The first-order valence-corrected chi connectivity index (χ1v) is 6.37. The van der Waals surface area contributed by atoms with Gasteiger partial charge in [-0.1, -0.05) is 13.0 Å². The van der Waals surface area contributed by atoms with E-state index in [0.29, 0.717) is 30.9 Å². The lowest BCUT2D eigenvalue weighted by molar-refractivity contribution is 0.0876. The summed E-state index contributed by atoms with van der Waals surface area (Å²) in [5, 5.41) is 0. The van der Waals surface area contributed by atoms with Crippen LogP contribution >= 0.6 is 0 Å². The van der Waals surface area contributed by atoms with Crippen molar-refractivity contribution in [3.63, 3.8) is 0 Å². The number of carbonyl (C=O) groups excluding carboxylic acids is 1. The molecule has 3 nitrogen and oxygen atoms in total. The van der Waals surface area contributed by atoms with Crippen LogP contribution in [0.15, 0.2) is 12.1 Å². The molecule has 0 aliphatic rings. The molecule has 1 aromatic rings. The number of hydrogen-bond donors (Lipinski definition) is 0. The van der Waals surface area contributed by atoms with Gasteiger partial charge in [-0.25, -0.2) is 0 Å². The normalized spacial score (nSPS) is 10.4. The third-order valence-corrected chi connectivity index (χ3v) is 3.00.